The zero-order valence-electron chi connectivity index (χ0n) is 16.2. The first-order valence-corrected chi connectivity index (χ1v) is 9.95. The fraction of sp³-hybridized carbons (Fsp3) is 0.316. The summed E-state index contributed by atoms with van der Waals surface area (Å²) in [5.74, 6) is -0.573. The number of anilines is 1. The zero-order chi connectivity index (χ0) is 21.1. The molecule has 0 aliphatic rings. The van der Waals surface area contributed by atoms with Gasteiger partial charge in [-0.15, -0.1) is 0 Å². The van der Waals surface area contributed by atoms with Gasteiger partial charge in [-0.05, 0) is 18.6 Å². The van der Waals surface area contributed by atoms with Crippen LogP contribution in [0.4, 0.5) is 10.1 Å². The monoisotopic (exact) mass is 417 g/mol. The number of hydrogen-bond acceptors (Lipinski definition) is 6. The van der Waals surface area contributed by atoms with Crippen LogP contribution in [0.1, 0.15) is 19.2 Å². The van der Waals surface area contributed by atoms with E-state index in [1.165, 1.54) is 36.9 Å². The molecule has 0 unspecified atom stereocenters. The molecule has 0 fully saturated rings. The van der Waals surface area contributed by atoms with Crippen molar-refractivity contribution in [2.75, 3.05) is 11.1 Å². The molecule has 0 saturated carbocycles. The number of carbonyl (C=O) groups excluding carboxylic acids is 1. The minimum Gasteiger partial charge on any atom is -0.323 e. The van der Waals surface area contributed by atoms with E-state index in [4.69, 9.17) is 0 Å². The Morgan fingerprint density at radius 3 is 2.59 bits per heavy atom. The number of fused-ring (bicyclic) bond motifs is 1. The third kappa shape index (κ3) is 4.21. The minimum absolute atomic E-state index is 0.0793. The van der Waals surface area contributed by atoms with Crippen molar-refractivity contribution in [2.45, 2.75) is 24.8 Å². The van der Waals surface area contributed by atoms with E-state index in [0.29, 0.717) is 17.3 Å². The summed E-state index contributed by atoms with van der Waals surface area (Å²) >= 11 is 1.05. The summed E-state index contributed by atoms with van der Waals surface area (Å²) in [6.45, 7) is 1.96. The summed E-state index contributed by atoms with van der Waals surface area (Å²) in [7, 11) is 2.91. The molecule has 0 atom stereocenters. The lowest BCUT2D eigenvalue weighted by Crippen LogP contribution is -2.38. The molecule has 0 aliphatic carbocycles. The van der Waals surface area contributed by atoms with Crippen molar-refractivity contribution in [3.63, 3.8) is 0 Å². The summed E-state index contributed by atoms with van der Waals surface area (Å²) < 4.78 is 16.0. The van der Waals surface area contributed by atoms with Crippen LogP contribution in [0.3, 0.4) is 0 Å². The van der Waals surface area contributed by atoms with Crippen molar-refractivity contribution in [2.24, 2.45) is 14.1 Å². The Balaban J connectivity index is 1.97. The van der Waals surface area contributed by atoms with Gasteiger partial charge in [-0.1, -0.05) is 30.8 Å². The molecule has 8 nitrogen and oxygen atoms in total. The van der Waals surface area contributed by atoms with Gasteiger partial charge in [0.15, 0.2) is 5.65 Å². The number of nitrogens with zero attached hydrogens (tertiary/aromatic N) is 4. The van der Waals surface area contributed by atoms with Crippen LogP contribution in [-0.4, -0.2) is 30.8 Å². The second-order valence-corrected chi connectivity index (χ2v) is 7.38. The summed E-state index contributed by atoms with van der Waals surface area (Å²) in [5.41, 5.74) is -0.704. The normalized spacial score (nSPS) is 11.0. The summed E-state index contributed by atoms with van der Waals surface area (Å²) in [4.78, 5) is 46.0. The Bertz CT molecular complexity index is 1200. The Morgan fingerprint density at radius 1 is 1.17 bits per heavy atom. The van der Waals surface area contributed by atoms with Crippen LogP contribution in [0.2, 0.25) is 0 Å². The molecule has 29 heavy (non-hydrogen) atoms. The maximum absolute atomic E-state index is 13.7. The standard InChI is InChI=1S/C19H20FN5O3S/c1-4-7-13-22-16-15(18(27)25(3)19(28)24(16)2)17(23-13)29-10-14(26)21-12-9-6-5-8-11(12)20/h5-6,8-9H,4,7,10H2,1-3H3,(H,21,26). The molecule has 0 radical (unpaired) electrons. The van der Waals surface area contributed by atoms with E-state index in [0.717, 1.165) is 22.7 Å². The number of hydrogen-bond donors (Lipinski definition) is 1. The maximum Gasteiger partial charge on any atom is 0.332 e. The Hall–Kier alpha value is -3.01. The average molecular weight is 417 g/mol. The van der Waals surface area contributed by atoms with Crippen molar-refractivity contribution >= 4 is 34.4 Å². The van der Waals surface area contributed by atoms with Crippen molar-refractivity contribution in [3.8, 4) is 0 Å². The average Bonchev–Trinajstić information content (AvgIpc) is 2.70. The van der Waals surface area contributed by atoms with Crippen LogP contribution < -0.4 is 16.6 Å². The first-order valence-electron chi connectivity index (χ1n) is 8.97. The third-order valence-corrected chi connectivity index (χ3v) is 5.25. The van der Waals surface area contributed by atoms with Gasteiger partial charge < -0.3 is 5.32 Å². The van der Waals surface area contributed by atoms with E-state index in [1.807, 2.05) is 6.92 Å². The van der Waals surface area contributed by atoms with E-state index < -0.39 is 23.0 Å². The van der Waals surface area contributed by atoms with Crippen LogP contribution in [0, 0.1) is 5.82 Å². The molecular weight excluding hydrogens is 397 g/mol. The van der Waals surface area contributed by atoms with E-state index >= 15 is 0 Å². The molecule has 1 aromatic carbocycles. The van der Waals surface area contributed by atoms with E-state index in [2.05, 4.69) is 15.3 Å². The number of para-hydroxylation sites is 1. The van der Waals surface area contributed by atoms with Gasteiger partial charge in [0, 0.05) is 20.5 Å². The summed E-state index contributed by atoms with van der Waals surface area (Å²) in [6, 6.07) is 5.86. The van der Waals surface area contributed by atoms with E-state index in [-0.39, 0.29) is 22.5 Å². The molecular formula is C19H20FN5O3S. The largest absolute Gasteiger partial charge is 0.332 e. The summed E-state index contributed by atoms with van der Waals surface area (Å²) in [5, 5.41) is 2.99. The number of aryl methyl sites for hydroxylation is 2. The second kappa shape index (κ2) is 8.56. The molecule has 152 valence electrons. The lowest BCUT2D eigenvalue weighted by atomic mass is 10.3. The van der Waals surface area contributed by atoms with Crippen molar-refractivity contribution in [1.82, 2.24) is 19.1 Å². The first-order chi connectivity index (χ1) is 13.8. The molecule has 3 aromatic rings. The highest BCUT2D eigenvalue weighted by molar-refractivity contribution is 8.00. The number of nitrogens with one attached hydrogen (secondary N) is 1. The second-order valence-electron chi connectivity index (χ2n) is 6.42. The molecule has 1 amide bonds. The number of amides is 1. The van der Waals surface area contributed by atoms with Crippen LogP contribution >= 0.6 is 11.8 Å². The van der Waals surface area contributed by atoms with Crippen LogP contribution in [0.25, 0.3) is 11.0 Å². The van der Waals surface area contributed by atoms with E-state index in [9.17, 15) is 18.8 Å². The smallest absolute Gasteiger partial charge is 0.323 e. The number of benzene rings is 1. The zero-order valence-corrected chi connectivity index (χ0v) is 17.0. The molecule has 0 aliphatic heterocycles. The van der Waals surface area contributed by atoms with Gasteiger partial charge in [0.2, 0.25) is 5.91 Å². The third-order valence-electron chi connectivity index (χ3n) is 4.27. The predicted molar refractivity (Wildman–Crippen MR) is 110 cm³/mol. The lowest BCUT2D eigenvalue weighted by Gasteiger charge is -2.12. The van der Waals surface area contributed by atoms with Crippen molar-refractivity contribution < 1.29 is 9.18 Å². The highest BCUT2D eigenvalue weighted by Gasteiger charge is 2.18. The molecule has 2 aromatic heterocycles. The van der Waals surface area contributed by atoms with Gasteiger partial charge in [-0.25, -0.2) is 19.2 Å². The van der Waals surface area contributed by atoms with Gasteiger partial charge in [0.25, 0.3) is 5.56 Å². The van der Waals surface area contributed by atoms with Gasteiger partial charge in [-0.2, -0.15) is 0 Å². The van der Waals surface area contributed by atoms with Gasteiger partial charge >= 0.3 is 5.69 Å². The fourth-order valence-corrected chi connectivity index (χ4v) is 3.63. The number of thioether (sulfide) groups is 1. The number of carbonyl (C=O) groups is 1. The van der Waals surface area contributed by atoms with Crippen LogP contribution in [-0.2, 0) is 25.3 Å². The molecule has 0 spiro atoms. The predicted octanol–water partition coefficient (Wildman–Crippen LogP) is 1.85. The fourth-order valence-electron chi connectivity index (χ4n) is 2.79. The highest BCUT2D eigenvalue weighted by Crippen LogP contribution is 2.23. The van der Waals surface area contributed by atoms with Crippen molar-refractivity contribution in [3.05, 3.63) is 56.7 Å². The SMILES string of the molecule is CCCc1nc(SCC(=O)Nc2ccccc2F)c2c(=O)n(C)c(=O)n(C)c2n1. The number of rotatable bonds is 6. The molecule has 0 bridgehead atoms. The topological polar surface area (TPSA) is 98.9 Å². The molecule has 1 N–H and O–H groups in total. The van der Waals surface area contributed by atoms with Gasteiger partial charge in [-0.3, -0.25) is 18.7 Å². The van der Waals surface area contributed by atoms with Crippen molar-refractivity contribution in [1.29, 1.82) is 0 Å². The van der Waals surface area contributed by atoms with Crippen LogP contribution in [0.15, 0.2) is 38.9 Å². The minimum atomic E-state index is -0.535. The molecule has 10 heteroatoms. The molecule has 2 heterocycles. The highest BCUT2D eigenvalue weighted by atomic mass is 32.2. The first kappa shape index (κ1) is 20.7. The Labute approximate surface area is 169 Å². The maximum atomic E-state index is 13.7. The quantitative estimate of drug-likeness (QED) is 0.485. The van der Waals surface area contributed by atoms with Gasteiger partial charge in [0.1, 0.15) is 22.1 Å². The summed E-state index contributed by atoms with van der Waals surface area (Å²) in [6.07, 6.45) is 1.34. The number of aromatic nitrogens is 4. The Morgan fingerprint density at radius 2 is 1.90 bits per heavy atom. The molecule has 0 saturated heterocycles. The van der Waals surface area contributed by atoms with E-state index in [1.54, 1.807) is 6.07 Å². The van der Waals surface area contributed by atoms with Gasteiger partial charge in [0.05, 0.1) is 11.4 Å². The number of halogens is 1. The molecule has 3 rings (SSSR count). The van der Waals surface area contributed by atoms with Crippen LogP contribution in [0.5, 0.6) is 0 Å². The Kier molecular flexibility index (Phi) is 6.12. The lowest BCUT2D eigenvalue weighted by molar-refractivity contribution is -0.113.